The third-order valence-corrected chi connectivity index (χ3v) is 6.49. The zero-order valence-electron chi connectivity index (χ0n) is 23.9. The van der Waals surface area contributed by atoms with E-state index in [1.807, 2.05) is 0 Å². The molecule has 2 rings (SSSR count). The van der Waals surface area contributed by atoms with Gasteiger partial charge in [0, 0.05) is 18.6 Å². The Morgan fingerprint density at radius 1 is 0.897 bits per heavy atom. The molecule has 2 N–H and O–H groups in total. The van der Waals surface area contributed by atoms with Crippen LogP contribution in [-0.2, 0) is 44.7 Å². The number of aryl methyl sites for hydroxylation is 4. The van der Waals surface area contributed by atoms with Gasteiger partial charge in [-0.2, -0.15) is 0 Å². The van der Waals surface area contributed by atoms with E-state index < -0.39 is 12.6 Å². The van der Waals surface area contributed by atoms with Crippen molar-refractivity contribution in [1.29, 1.82) is 0 Å². The monoisotopic (exact) mass is 538 g/mol. The molecule has 0 aromatic heterocycles. The van der Waals surface area contributed by atoms with E-state index in [4.69, 9.17) is 19.7 Å². The molecule has 0 heterocycles. The Hall–Kier alpha value is -3.06. The van der Waals surface area contributed by atoms with E-state index in [2.05, 4.69) is 69.5 Å². The fraction of sp³-hybridized carbons (Fsp3) is 0.455. The van der Waals surface area contributed by atoms with Gasteiger partial charge in [-0.25, -0.2) is 4.79 Å². The topological polar surface area (TPSA) is 93.1 Å². The number of rotatable bonds is 17. The van der Waals surface area contributed by atoms with Gasteiger partial charge >= 0.3 is 5.97 Å². The molecule has 0 aliphatic rings. The molecule has 214 valence electrons. The predicted octanol–water partition coefficient (Wildman–Crippen LogP) is 5.32. The second-order valence-corrected chi connectivity index (χ2v) is 9.60. The number of carbonyl (C=O) groups is 2. The minimum absolute atomic E-state index is 0.0572. The van der Waals surface area contributed by atoms with Gasteiger partial charge in [0.25, 0.3) is 0 Å². The second kappa shape index (κ2) is 19.9. The van der Waals surface area contributed by atoms with E-state index in [0.29, 0.717) is 12.9 Å². The van der Waals surface area contributed by atoms with Crippen LogP contribution in [0.5, 0.6) is 0 Å². The Morgan fingerprint density at radius 3 is 2.10 bits per heavy atom. The first-order chi connectivity index (χ1) is 18.8. The molecule has 0 bridgehead atoms. The first-order valence-electron chi connectivity index (χ1n) is 13.7. The summed E-state index contributed by atoms with van der Waals surface area (Å²) >= 11 is 0. The van der Waals surface area contributed by atoms with E-state index in [1.54, 1.807) is 7.11 Å². The summed E-state index contributed by atoms with van der Waals surface area (Å²) in [7, 11) is 1.63. The summed E-state index contributed by atoms with van der Waals surface area (Å²) < 4.78 is 10.6. The predicted molar refractivity (Wildman–Crippen MR) is 157 cm³/mol. The number of benzene rings is 2. The van der Waals surface area contributed by atoms with Gasteiger partial charge in [0.05, 0.1) is 25.4 Å². The van der Waals surface area contributed by atoms with Crippen LogP contribution in [0, 0.1) is 0 Å². The molecule has 0 aliphatic heterocycles. The van der Waals surface area contributed by atoms with Gasteiger partial charge in [0.2, 0.25) is 0 Å². The number of aliphatic hydroxyl groups excluding tert-OH is 2. The van der Waals surface area contributed by atoms with E-state index in [0.717, 1.165) is 24.8 Å². The van der Waals surface area contributed by atoms with Crippen molar-refractivity contribution in [3.8, 4) is 0 Å². The highest BCUT2D eigenvalue weighted by Gasteiger charge is 2.16. The van der Waals surface area contributed by atoms with E-state index in [1.165, 1.54) is 47.9 Å². The molecule has 1 unspecified atom stereocenters. The Labute approximate surface area is 234 Å². The third-order valence-electron chi connectivity index (χ3n) is 6.49. The highest BCUT2D eigenvalue weighted by molar-refractivity contribution is 5.87. The maximum Gasteiger partial charge on any atom is 0.335 e. The van der Waals surface area contributed by atoms with Gasteiger partial charge < -0.3 is 19.7 Å². The zero-order valence-corrected chi connectivity index (χ0v) is 23.9. The SMILES string of the molecule is C=C(C=O)CO.C=C(CO)C(=O)OCC(COC)c1ccc(CCc2ccc(CCCCC)c(CC)c2)cc1. The van der Waals surface area contributed by atoms with E-state index in [9.17, 15) is 9.59 Å². The molecule has 0 saturated carbocycles. The van der Waals surface area contributed by atoms with Crippen LogP contribution >= 0.6 is 0 Å². The van der Waals surface area contributed by atoms with Gasteiger partial charge in [-0.05, 0) is 59.9 Å². The number of aliphatic hydroxyl groups is 2. The maximum atomic E-state index is 11.8. The summed E-state index contributed by atoms with van der Waals surface area (Å²) in [4.78, 5) is 21.3. The average Bonchev–Trinajstić information content (AvgIpc) is 2.98. The molecule has 6 heteroatoms. The molecule has 0 spiro atoms. The molecule has 2 aromatic carbocycles. The number of hydrogen-bond acceptors (Lipinski definition) is 6. The molecule has 0 aliphatic carbocycles. The van der Waals surface area contributed by atoms with Crippen LogP contribution in [0.25, 0.3) is 0 Å². The number of unbranched alkanes of at least 4 members (excludes halogenated alkanes) is 2. The standard InChI is InChI=1S/C29H40O4.C4H6O2/c1-5-7-8-9-26-17-14-24(18-25(26)6-2)11-10-23-12-15-27(16-13-23)28(20-32-4)21-33-29(31)22(3)19-30;1-4(2-5)3-6/h12-18,28,30H,3,5-11,19-21H2,1-2,4H3;2,6H,1,3H2. The van der Waals surface area contributed by atoms with Crippen LogP contribution in [-0.4, -0.2) is 56.0 Å². The number of ether oxygens (including phenoxy) is 2. The molecule has 39 heavy (non-hydrogen) atoms. The van der Waals surface area contributed by atoms with Crippen LogP contribution in [0.1, 0.15) is 66.8 Å². The molecule has 2 aromatic rings. The largest absolute Gasteiger partial charge is 0.462 e. The Balaban J connectivity index is 0.00000113. The van der Waals surface area contributed by atoms with Gasteiger partial charge in [-0.1, -0.05) is 82.3 Å². The molecule has 0 saturated heterocycles. The summed E-state index contributed by atoms with van der Waals surface area (Å²) in [5, 5.41) is 17.0. The number of carbonyl (C=O) groups excluding carboxylic acids is 2. The highest BCUT2D eigenvalue weighted by Crippen LogP contribution is 2.21. The van der Waals surface area contributed by atoms with Crippen LogP contribution in [0.2, 0.25) is 0 Å². The lowest BCUT2D eigenvalue weighted by atomic mass is 9.94. The first kappa shape index (κ1) is 34.0. The van der Waals surface area contributed by atoms with E-state index in [-0.39, 0.29) is 30.3 Å². The van der Waals surface area contributed by atoms with Gasteiger partial charge in [0.15, 0.2) is 0 Å². The smallest absolute Gasteiger partial charge is 0.335 e. The van der Waals surface area contributed by atoms with Gasteiger partial charge in [-0.3, -0.25) is 4.79 Å². The summed E-state index contributed by atoms with van der Waals surface area (Å²) in [6, 6.07) is 15.5. The van der Waals surface area contributed by atoms with E-state index >= 15 is 0 Å². The molecule has 0 fully saturated rings. The zero-order chi connectivity index (χ0) is 29.0. The van der Waals surface area contributed by atoms with Crippen molar-refractivity contribution in [2.75, 3.05) is 33.5 Å². The van der Waals surface area contributed by atoms with Crippen molar-refractivity contribution in [2.24, 2.45) is 0 Å². The van der Waals surface area contributed by atoms with Crippen LogP contribution in [0.4, 0.5) is 0 Å². The molecule has 6 nitrogen and oxygen atoms in total. The summed E-state index contributed by atoms with van der Waals surface area (Å²) in [5.41, 5.74) is 7.00. The van der Waals surface area contributed by atoms with Crippen molar-refractivity contribution < 1.29 is 29.3 Å². The lowest BCUT2D eigenvalue weighted by Crippen LogP contribution is -2.18. The van der Waals surface area contributed by atoms with Gasteiger partial charge in [0.1, 0.15) is 12.9 Å². The Kier molecular flexibility index (Phi) is 17.4. The first-order valence-corrected chi connectivity index (χ1v) is 13.7. The second-order valence-electron chi connectivity index (χ2n) is 9.60. The number of hydrogen-bond donors (Lipinski definition) is 2. The molecular formula is C33H46O6. The molecule has 0 amide bonds. The fourth-order valence-corrected chi connectivity index (χ4v) is 4.04. The molecular weight excluding hydrogens is 492 g/mol. The lowest BCUT2D eigenvalue weighted by Gasteiger charge is -2.17. The van der Waals surface area contributed by atoms with Crippen LogP contribution in [0.15, 0.2) is 66.8 Å². The molecule has 0 radical (unpaired) electrons. The Bertz CT molecular complexity index is 1020. The maximum absolute atomic E-state index is 11.8. The minimum atomic E-state index is -0.571. The van der Waals surface area contributed by atoms with Crippen molar-refractivity contribution >= 4 is 12.3 Å². The third kappa shape index (κ3) is 13.0. The number of methoxy groups -OCH3 is 1. The summed E-state index contributed by atoms with van der Waals surface area (Å²) in [6.45, 7) is 11.2. The van der Waals surface area contributed by atoms with Crippen molar-refractivity contribution in [3.05, 3.63) is 94.6 Å². The highest BCUT2D eigenvalue weighted by atomic mass is 16.5. The average molecular weight is 539 g/mol. The number of esters is 1. The molecule has 1 atom stereocenters. The van der Waals surface area contributed by atoms with Gasteiger partial charge in [-0.15, -0.1) is 0 Å². The van der Waals surface area contributed by atoms with Crippen molar-refractivity contribution in [3.63, 3.8) is 0 Å². The van der Waals surface area contributed by atoms with Crippen LogP contribution < -0.4 is 0 Å². The minimum Gasteiger partial charge on any atom is -0.462 e. The Morgan fingerprint density at radius 2 is 1.56 bits per heavy atom. The van der Waals surface area contributed by atoms with Crippen molar-refractivity contribution in [2.45, 2.75) is 64.7 Å². The van der Waals surface area contributed by atoms with Crippen LogP contribution in [0.3, 0.4) is 0 Å². The quantitative estimate of drug-likeness (QED) is 0.123. The summed E-state index contributed by atoms with van der Waals surface area (Å²) in [6.07, 6.45) is 8.63. The lowest BCUT2D eigenvalue weighted by molar-refractivity contribution is -0.140. The van der Waals surface area contributed by atoms with Crippen molar-refractivity contribution in [1.82, 2.24) is 0 Å². The normalized spacial score (nSPS) is 11.2. The summed E-state index contributed by atoms with van der Waals surface area (Å²) in [5.74, 6) is -0.634. The number of aldehydes is 1. The fourth-order valence-electron chi connectivity index (χ4n) is 4.04.